The topological polar surface area (TPSA) is 48.0 Å². The number of ether oxygens (including phenoxy) is 3. The van der Waals surface area contributed by atoms with E-state index in [2.05, 4.69) is 13.8 Å². The number of amides is 1. The van der Waals surface area contributed by atoms with Crippen LogP contribution in [0.2, 0.25) is 0 Å². The first kappa shape index (κ1) is 16.2. The van der Waals surface area contributed by atoms with Gasteiger partial charge in [0.2, 0.25) is 11.7 Å². The van der Waals surface area contributed by atoms with Gasteiger partial charge in [0.05, 0.1) is 7.11 Å². The molecule has 0 N–H and O–H groups in total. The number of carbonyl (C=O) groups excluding carboxylic acids is 1. The third kappa shape index (κ3) is 3.93. The highest BCUT2D eigenvalue weighted by molar-refractivity contribution is 5.91. The summed E-state index contributed by atoms with van der Waals surface area (Å²) >= 11 is 0. The fraction of sp³-hybridized carbons (Fsp3) is 0.471. The molecular formula is C17H23NO4. The summed E-state index contributed by atoms with van der Waals surface area (Å²) < 4.78 is 16.5. The molecule has 0 fully saturated rings. The van der Waals surface area contributed by atoms with Crippen molar-refractivity contribution in [3.05, 3.63) is 23.8 Å². The molecule has 0 saturated carbocycles. The average Bonchev–Trinajstić information content (AvgIpc) is 2.50. The van der Waals surface area contributed by atoms with E-state index < -0.39 is 0 Å². The predicted molar refractivity (Wildman–Crippen MR) is 85.5 cm³/mol. The lowest BCUT2D eigenvalue weighted by Crippen LogP contribution is -2.28. The summed E-state index contributed by atoms with van der Waals surface area (Å²) in [7, 11) is 3.39. The zero-order chi connectivity index (χ0) is 16.1. The Morgan fingerprint density at radius 1 is 1.36 bits per heavy atom. The molecule has 1 amide bonds. The third-order valence-electron chi connectivity index (χ3n) is 3.28. The summed E-state index contributed by atoms with van der Waals surface area (Å²) in [5.74, 6) is 2.29. The van der Waals surface area contributed by atoms with Gasteiger partial charge in [-0.15, -0.1) is 0 Å². The molecule has 0 bridgehead atoms. The van der Waals surface area contributed by atoms with Crippen LogP contribution in [0.3, 0.4) is 0 Å². The maximum atomic E-state index is 12.0. The van der Waals surface area contributed by atoms with E-state index in [1.807, 2.05) is 12.1 Å². The number of hydrogen-bond acceptors (Lipinski definition) is 4. The van der Waals surface area contributed by atoms with Crippen molar-refractivity contribution in [3.63, 3.8) is 0 Å². The monoisotopic (exact) mass is 305 g/mol. The molecular weight excluding hydrogens is 282 g/mol. The molecule has 0 unspecified atom stereocenters. The normalized spacial score (nSPS) is 13.5. The SMILES string of the molecule is COc1cc(/C=C/C(=O)N(C)CC(C)C)cc2c1OCCO2. The van der Waals surface area contributed by atoms with E-state index in [1.165, 1.54) is 0 Å². The van der Waals surface area contributed by atoms with Crippen molar-refractivity contribution in [1.29, 1.82) is 0 Å². The minimum atomic E-state index is -0.0254. The second-order valence-corrected chi connectivity index (χ2v) is 5.69. The van der Waals surface area contributed by atoms with Gasteiger partial charge in [-0.1, -0.05) is 13.8 Å². The second-order valence-electron chi connectivity index (χ2n) is 5.69. The molecule has 2 rings (SSSR count). The van der Waals surface area contributed by atoms with Crippen molar-refractivity contribution in [2.75, 3.05) is 33.9 Å². The Labute approximate surface area is 131 Å². The molecule has 0 atom stereocenters. The number of fused-ring (bicyclic) bond motifs is 1. The Kier molecular flexibility index (Phi) is 5.31. The number of carbonyl (C=O) groups is 1. The van der Waals surface area contributed by atoms with E-state index >= 15 is 0 Å². The van der Waals surface area contributed by atoms with Gasteiger partial charge in [-0.25, -0.2) is 0 Å². The maximum absolute atomic E-state index is 12.0. The first-order valence-electron chi connectivity index (χ1n) is 7.42. The fourth-order valence-electron chi connectivity index (χ4n) is 2.32. The number of benzene rings is 1. The molecule has 0 aromatic heterocycles. The lowest BCUT2D eigenvalue weighted by molar-refractivity contribution is -0.125. The molecule has 22 heavy (non-hydrogen) atoms. The van der Waals surface area contributed by atoms with Gasteiger partial charge < -0.3 is 19.1 Å². The van der Waals surface area contributed by atoms with Crippen LogP contribution >= 0.6 is 0 Å². The van der Waals surface area contributed by atoms with E-state index in [0.717, 1.165) is 12.1 Å². The van der Waals surface area contributed by atoms with Gasteiger partial charge in [0.15, 0.2) is 11.5 Å². The second kappa shape index (κ2) is 7.20. The Morgan fingerprint density at radius 3 is 2.77 bits per heavy atom. The van der Waals surface area contributed by atoms with Gasteiger partial charge in [0.1, 0.15) is 13.2 Å². The first-order valence-corrected chi connectivity index (χ1v) is 7.42. The zero-order valence-corrected chi connectivity index (χ0v) is 13.6. The summed E-state index contributed by atoms with van der Waals surface area (Å²) in [6.45, 7) is 5.92. The Bertz CT molecular complexity index is 549. The Balaban J connectivity index is 2.15. The molecule has 0 radical (unpaired) electrons. The van der Waals surface area contributed by atoms with E-state index in [0.29, 0.717) is 36.4 Å². The lowest BCUT2D eigenvalue weighted by Gasteiger charge is -2.21. The minimum absolute atomic E-state index is 0.0254. The smallest absolute Gasteiger partial charge is 0.246 e. The standard InChI is InChI=1S/C17H23NO4/c1-12(2)11-18(3)16(19)6-5-13-9-14(20-4)17-15(10-13)21-7-8-22-17/h5-6,9-10,12H,7-8,11H2,1-4H3/b6-5+. The Morgan fingerprint density at radius 2 is 2.09 bits per heavy atom. The highest BCUT2D eigenvalue weighted by atomic mass is 16.6. The van der Waals surface area contributed by atoms with E-state index in [1.54, 1.807) is 31.2 Å². The number of methoxy groups -OCH3 is 1. The molecule has 1 aromatic carbocycles. The molecule has 0 spiro atoms. The van der Waals surface area contributed by atoms with Crippen LogP contribution in [-0.4, -0.2) is 44.7 Å². The van der Waals surface area contributed by atoms with Crippen LogP contribution in [0.1, 0.15) is 19.4 Å². The summed E-state index contributed by atoms with van der Waals surface area (Å²) in [5.41, 5.74) is 0.840. The van der Waals surface area contributed by atoms with Gasteiger partial charge in [0.25, 0.3) is 0 Å². The van der Waals surface area contributed by atoms with Gasteiger partial charge in [-0.05, 0) is 29.7 Å². The van der Waals surface area contributed by atoms with Crippen LogP contribution in [0.25, 0.3) is 6.08 Å². The van der Waals surface area contributed by atoms with Gasteiger partial charge in [-0.2, -0.15) is 0 Å². The van der Waals surface area contributed by atoms with E-state index in [9.17, 15) is 4.79 Å². The molecule has 1 aromatic rings. The molecule has 1 aliphatic heterocycles. The van der Waals surface area contributed by atoms with Crippen molar-refractivity contribution in [3.8, 4) is 17.2 Å². The highest BCUT2D eigenvalue weighted by Crippen LogP contribution is 2.40. The number of rotatable bonds is 5. The minimum Gasteiger partial charge on any atom is -0.493 e. The van der Waals surface area contributed by atoms with E-state index in [-0.39, 0.29) is 5.91 Å². The van der Waals surface area contributed by atoms with Crippen LogP contribution < -0.4 is 14.2 Å². The van der Waals surface area contributed by atoms with Gasteiger partial charge in [-0.3, -0.25) is 4.79 Å². The summed E-state index contributed by atoms with van der Waals surface area (Å²) in [5, 5.41) is 0. The molecule has 0 aliphatic carbocycles. The molecule has 1 heterocycles. The summed E-state index contributed by atoms with van der Waals surface area (Å²) in [6.07, 6.45) is 3.33. The maximum Gasteiger partial charge on any atom is 0.246 e. The number of nitrogens with zero attached hydrogens (tertiary/aromatic N) is 1. The predicted octanol–water partition coefficient (Wildman–Crippen LogP) is 2.59. The molecule has 0 saturated heterocycles. The Hall–Kier alpha value is -2.17. The van der Waals surface area contributed by atoms with Crippen LogP contribution in [0.4, 0.5) is 0 Å². The molecule has 120 valence electrons. The highest BCUT2D eigenvalue weighted by Gasteiger charge is 2.18. The van der Waals surface area contributed by atoms with Gasteiger partial charge >= 0.3 is 0 Å². The number of likely N-dealkylation sites (N-methyl/N-ethyl adjacent to an activating group) is 1. The van der Waals surface area contributed by atoms with Crippen LogP contribution in [0.5, 0.6) is 17.2 Å². The lowest BCUT2D eigenvalue weighted by atomic mass is 10.1. The van der Waals surface area contributed by atoms with Crippen molar-refractivity contribution in [2.45, 2.75) is 13.8 Å². The van der Waals surface area contributed by atoms with Crippen molar-refractivity contribution < 1.29 is 19.0 Å². The van der Waals surface area contributed by atoms with Crippen molar-refractivity contribution >= 4 is 12.0 Å². The largest absolute Gasteiger partial charge is 0.493 e. The van der Waals surface area contributed by atoms with Crippen LogP contribution in [0.15, 0.2) is 18.2 Å². The van der Waals surface area contributed by atoms with Crippen molar-refractivity contribution in [2.24, 2.45) is 5.92 Å². The van der Waals surface area contributed by atoms with Crippen LogP contribution in [0, 0.1) is 5.92 Å². The molecule has 5 nitrogen and oxygen atoms in total. The summed E-state index contributed by atoms with van der Waals surface area (Å²) in [4.78, 5) is 13.8. The van der Waals surface area contributed by atoms with Crippen LogP contribution in [-0.2, 0) is 4.79 Å². The zero-order valence-electron chi connectivity index (χ0n) is 13.6. The van der Waals surface area contributed by atoms with Crippen molar-refractivity contribution in [1.82, 2.24) is 4.90 Å². The third-order valence-corrected chi connectivity index (χ3v) is 3.28. The molecule has 5 heteroatoms. The quantitative estimate of drug-likeness (QED) is 0.785. The van der Waals surface area contributed by atoms with Gasteiger partial charge in [0, 0.05) is 19.7 Å². The summed E-state index contributed by atoms with van der Waals surface area (Å²) in [6, 6.07) is 3.68. The molecule has 1 aliphatic rings. The fourth-order valence-corrected chi connectivity index (χ4v) is 2.32. The number of hydrogen-bond donors (Lipinski definition) is 0. The average molecular weight is 305 g/mol. The first-order chi connectivity index (χ1) is 10.5. The van der Waals surface area contributed by atoms with E-state index in [4.69, 9.17) is 14.2 Å².